The first-order chi connectivity index (χ1) is 10.6. The first-order valence-electron chi connectivity index (χ1n) is 7.16. The number of hydrogen-bond donors (Lipinski definition) is 0. The van der Waals surface area contributed by atoms with Gasteiger partial charge in [0.15, 0.2) is 5.43 Å². The van der Waals surface area contributed by atoms with Gasteiger partial charge >= 0.3 is 0 Å². The Bertz CT molecular complexity index is 797. The molecule has 6 nitrogen and oxygen atoms in total. The number of carbonyl (C=O) groups is 2. The van der Waals surface area contributed by atoms with Gasteiger partial charge in [-0.1, -0.05) is 12.1 Å². The van der Waals surface area contributed by atoms with Crippen molar-refractivity contribution in [1.29, 1.82) is 0 Å². The molecule has 114 valence electrons. The zero-order valence-corrected chi connectivity index (χ0v) is 12.4. The molecule has 2 amide bonds. The molecule has 2 heterocycles. The van der Waals surface area contributed by atoms with Gasteiger partial charge in [0, 0.05) is 37.8 Å². The summed E-state index contributed by atoms with van der Waals surface area (Å²) >= 11 is 0. The average molecular weight is 299 g/mol. The number of hydrogen-bond acceptors (Lipinski definition) is 3. The summed E-state index contributed by atoms with van der Waals surface area (Å²) < 4.78 is 1.75. The number of benzene rings is 1. The average Bonchev–Trinajstić information content (AvgIpc) is 2.53. The molecule has 22 heavy (non-hydrogen) atoms. The zero-order valence-electron chi connectivity index (χ0n) is 12.4. The summed E-state index contributed by atoms with van der Waals surface area (Å²) in [6.07, 6.45) is 1.63. The van der Waals surface area contributed by atoms with E-state index in [1.54, 1.807) is 39.7 Å². The highest BCUT2D eigenvalue weighted by Gasteiger charge is 2.24. The highest BCUT2D eigenvalue weighted by Crippen LogP contribution is 2.10. The van der Waals surface area contributed by atoms with Crippen molar-refractivity contribution in [3.8, 4) is 0 Å². The van der Waals surface area contributed by atoms with Gasteiger partial charge in [-0.05, 0) is 12.1 Å². The third kappa shape index (κ3) is 2.59. The molecule has 0 radical (unpaired) electrons. The van der Waals surface area contributed by atoms with E-state index in [1.807, 2.05) is 12.1 Å². The lowest BCUT2D eigenvalue weighted by molar-refractivity contribution is -0.144. The number of carbonyl (C=O) groups excluding carboxylic acids is 2. The normalized spacial score (nSPS) is 15.4. The van der Waals surface area contributed by atoms with Crippen LogP contribution in [0.1, 0.15) is 0 Å². The van der Waals surface area contributed by atoms with Crippen molar-refractivity contribution in [2.45, 2.75) is 6.54 Å². The predicted octanol–water partition coefficient (Wildman–Crippen LogP) is 0.302. The predicted molar refractivity (Wildman–Crippen MR) is 82.4 cm³/mol. The van der Waals surface area contributed by atoms with Crippen LogP contribution < -0.4 is 5.43 Å². The van der Waals surface area contributed by atoms with Crippen LogP contribution in [0.5, 0.6) is 0 Å². The molecule has 1 aromatic carbocycles. The van der Waals surface area contributed by atoms with E-state index < -0.39 is 0 Å². The minimum absolute atomic E-state index is 0.0515. The number of aromatic nitrogens is 1. The monoisotopic (exact) mass is 299 g/mol. The summed E-state index contributed by atoms with van der Waals surface area (Å²) in [7, 11) is 1.74. The maximum Gasteiger partial charge on any atom is 0.243 e. The molecule has 0 atom stereocenters. The van der Waals surface area contributed by atoms with E-state index in [-0.39, 0.29) is 30.3 Å². The van der Waals surface area contributed by atoms with E-state index >= 15 is 0 Å². The summed E-state index contributed by atoms with van der Waals surface area (Å²) in [4.78, 5) is 39.1. The topological polar surface area (TPSA) is 62.6 Å². The lowest BCUT2D eigenvalue weighted by Gasteiger charge is -2.32. The number of likely N-dealkylation sites (N-methyl/N-ethyl adjacent to an activating group) is 1. The molecular formula is C16H17N3O3. The molecule has 3 rings (SSSR count). The second kappa shape index (κ2) is 5.63. The number of pyridine rings is 1. The Kier molecular flexibility index (Phi) is 3.66. The van der Waals surface area contributed by atoms with Crippen LogP contribution in [-0.4, -0.2) is 52.9 Å². The summed E-state index contributed by atoms with van der Waals surface area (Å²) in [6.45, 7) is 1.33. The van der Waals surface area contributed by atoms with Crippen LogP contribution >= 0.6 is 0 Å². The lowest BCUT2D eigenvalue weighted by atomic mass is 10.2. The summed E-state index contributed by atoms with van der Waals surface area (Å²) in [5.74, 6) is -0.167. The van der Waals surface area contributed by atoms with Crippen LogP contribution in [0.15, 0.2) is 41.3 Å². The van der Waals surface area contributed by atoms with Gasteiger partial charge in [0.2, 0.25) is 11.8 Å². The van der Waals surface area contributed by atoms with Crippen LogP contribution in [-0.2, 0) is 16.1 Å². The van der Waals surface area contributed by atoms with Gasteiger partial charge in [-0.2, -0.15) is 0 Å². The lowest BCUT2D eigenvalue weighted by Crippen LogP contribution is -2.51. The Labute approximate surface area is 127 Å². The maximum atomic E-state index is 12.4. The Morgan fingerprint density at radius 2 is 1.91 bits per heavy atom. The molecular weight excluding hydrogens is 282 g/mol. The molecule has 0 saturated carbocycles. The second-order valence-corrected chi connectivity index (χ2v) is 5.46. The Morgan fingerprint density at radius 1 is 1.14 bits per heavy atom. The highest BCUT2D eigenvalue weighted by atomic mass is 16.2. The van der Waals surface area contributed by atoms with E-state index in [9.17, 15) is 14.4 Å². The number of rotatable bonds is 2. The molecule has 6 heteroatoms. The quantitative estimate of drug-likeness (QED) is 0.801. The fourth-order valence-electron chi connectivity index (χ4n) is 2.62. The van der Waals surface area contributed by atoms with Crippen molar-refractivity contribution >= 4 is 22.7 Å². The number of piperazine rings is 1. The van der Waals surface area contributed by atoms with Crippen molar-refractivity contribution in [1.82, 2.24) is 14.4 Å². The van der Waals surface area contributed by atoms with E-state index in [4.69, 9.17) is 0 Å². The largest absolute Gasteiger partial charge is 0.342 e. The third-order valence-corrected chi connectivity index (χ3v) is 4.00. The number of para-hydroxylation sites is 1. The Morgan fingerprint density at radius 3 is 2.68 bits per heavy atom. The smallest absolute Gasteiger partial charge is 0.243 e. The first-order valence-corrected chi connectivity index (χ1v) is 7.16. The van der Waals surface area contributed by atoms with Crippen molar-refractivity contribution in [3.63, 3.8) is 0 Å². The number of amides is 2. The molecule has 0 spiro atoms. The van der Waals surface area contributed by atoms with Crippen LogP contribution in [0.3, 0.4) is 0 Å². The third-order valence-electron chi connectivity index (χ3n) is 4.00. The van der Waals surface area contributed by atoms with Crippen molar-refractivity contribution in [2.75, 3.05) is 26.7 Å². The zero-order chi connectivity index (χ0) is 15.7. The van der Waals surface area contributed by atoms with Gasteiger partial charge in [0.05, 0.1) is 12.1 Å². The van der Waals surface area contributed by atoms with Gasteiger partial charge in [-0.3, -0.25) is 14.4 Å². The molecule has 0 N–H and O–H groups in total. The highest BCUT2D eigenvalue weighted by molar-refractivity contribution is 5.87. The van der Waals surface area contributed by atoms with Crippen LogP contribution in [0.25, 0.3) is 10.9 Å². The molecule has 1 aliphatic heterocycles. The minimum Gasteiger partial charge on any atom is -0.342 e. The first kappa shape index (κ1) is 14.3. The van der Waals surface area contributed by atoms with Crippen molar-refractivity contribution < 1.29 is 9.59 Å². The van der Waals surface area contributed by atoms with Crippen molar-refractivity contribution in [2.24, 2.45) is 0 Å². The van der Waals surface area contributed by atoms with Crippen LogP contribution in [0.2, 0.25) is 0 Å². The van der Waals surface area contributed by atoms with Crippen LogP contribution in [0.4, 0.5) is 0 Å². The van der Waals surface area contributed by atoms with E-state index in [2.05, 4.69) is 0 Å². The van der Waals surface area contributed by atoms with Gasteiger partial charge in [-0.25, -0.2) is 0 Å². The second-order valence-electron chi connectivity index (χ2n) is 5.46. The summed E-state index contributed by atoms with van der Waals surface area (Å²) in [6, 6.07) is 8.67. The Hall–Kier alpha value is -2.63. The molecule has 0 aliphatic carbocycles. The summed E-state index contributed by atoms with van der Waals surface area (Å²) in [5, 5.41) is 0.590. The Balaban J connectivity index is 1.85. The number of nitrogens with zero attached hydrogens (tertiary/aromatic N) is 3. The van der Waals surface area contributed by atoms with Gasteiger partial charge in [0.1, 0.15) is 6.54 Å². The van der Waals surface area contributed by atoms with Gasteiger partial charge in [-0.15, -0.1) is 0 Å². The fraction of sp³-hybridized carbons (Fsp3) is 0.312. The number of fused-ring (bicyclic) bond motifs is 1. The van der Waals surface area contributed by atoms with Gasteiger partial charge < -0.3 is 14.4 Å². The van der Waals surface area contributed by atoms with E-state index in [0.717, 1.165) is 5.52 Å². The minimum atomic E-state index is -0.116. The molecule has 1 aromatic heterocycles. The molecule has 0 unspecified atom stereocenters. The summed E-state index contributed by atoms with van der Waals surface area (Å²) in [5.41, 5.74) is 0.665. The molecule has 0 bridgehead atoms. The van der Waals surface area contributed by atoms with Gasteiger partial charge in [0.25, 0.3) is 0 Å². The van der Waals surface area contributed by atoms with Crippen molar-refractivity contribution in [3.05, 3.63) is 46.8 Å². The standard InChI is InChI=1S/C16H17N3O3/c1-17-8-9-19(10-15(17)21)16(22)11-18-7-6-14(20)12-4-2-3-5-13(12)18/h2-7H,8-11H2,1H3. The molecule has 1 fully saturated rings. The molecule has 2 aromatic rings. The maximum absolute atomic E-state index is 12.4. The van der Waals surface area contributed by atoms with E-state index in [0.29, 0.717) is 18.5 Å². The fourth-order valence-corrected chi connectivity index (χ4v) is 2.62. The van der Waals surface area contributed by atoms with Crippen LogP contribution in [0, 0.1) is 0 Å². The molecule has 1 aliphatic rings. The molecule has 1 saturated heterocycles. The van der Waals surface area contributed by atoms with E-state index in [1.165, 1.54) is 6.07 Å². The SMILES string of the molecule is CN1CCN(C(=O)Cn2ccc(=O)c3ccccc32)CC1=O.